The molecule has 3 aromatic rings. The molecular weight excluding hydrogens is 396 g/mol. The lowest BCUT2D eigenvalue weighted by molar-refractivity contribution is -0.0103. The van der Waals surface area contributed by atoms with E-state index in [4.69, 9.17) is 4.74 Å². The Labute approximate surface area is 190 Å². The molecule has 32 heavy (non-hydrogen) atoms. The quantitative estimate of drug-likeness (QED) is 0.580. The lowest BCUT2D eigenvalue weighted by Crippen LogP contribution is -2.52. The van der Waals surface area contributed by atoms with Gasteiger partial charge in [-0.3, -0.25) is 4.90 Å². The molecule has 3 aliphatic heterocycles. The molecular formula is C27H34N4O. The fraction of sp³-hybridized carbons (Fsp3) is 0.556. The summed E-state index contributed by atoms with van der Waals surface area (Å²) in [6.45, 7) is 3.46. The zero-order valence-electron chi connectivity index (χ0n) is 18.9. The van der Waals surface area contributed by atoms with Gasteiger partial charge in [0.1, 0.15) is 6.10 Å². The van der Waals surface area contributed by atoms with Crippen molar-refractivity contribution in [2.45, 2.75) is 57.5 Å². The third-order valence-electron chi connectivity index (χ3n) is 8.33. The molecule has 168 valence electrons. The van der Waals surface area contributed by atoms with Crippen LogP contribution in [-0.4, -0.2) is 45.8 Å². The van der Waals surface area contributed by atoms with Crippen LogP contribution in [0, 0.1) is 17.8 Å². The van der Waals surface area contributed by atoms with Gasteiger partial charge in [0.25, 0.3) is 0 Å². The summed E-state index contributed by atoms with van der Waals surface area (Å²) in [5.74, 6) is 3.61. The van der Waals surface area contributed by atoms with Crippen LogP contribution in [0.2, 0.25) is 0 Å². The van der Waals surface area contributed by atoms with E-state index >= 15 is 0 Å². The maximum absolute atomic E-state index is 6.13. The monoisotopic (exact) mass is 430 g/mol. The Hall–Kier alpha value is -2.40. The van der Waals surface area contributed by atoms with Crippen LogP contribution >= 0.6 is 0 Å². The van der Waals surface area contributed by atoms with Crippen molar-refractivity contribution in [3.63, 3.8) is 0 Å². The van der Waals surface area contributed by atoms with Gasteiger partial charge in [-0.05, 0) is 61.9 Å². The number of nitrogens with zero attached hydrogens (tertiary/aromatic N) is 3. The molecule has 0 spiro atoms. The van der Waals surface area contributed by atoms with Crippen LogP contribution < -0.4 is 4.74 Å². The lowest BCUT2D eigenvalue weighted by atomic mass is 9.71. The van der Waals surface area contributed by atoms with Crippen molar-refractivity contribution in [1.29, 1.82) is 0 Å². The first kappa shape index (κ1) is 20.2. The molecule has 1 atom stereocenters. The number of hydrogen-bond donors (Lipinski definition) is 1. The first-order chi connectivity index (χ1) is 15.8. The summed E-state index contributed by atoms with van der Waals surface area (Å²) in [6, 6.07) is 12.2. The maximum atomic E-state index is 6.13. The van der Waals surface area contributed by atoms with Crippen molar-refractivity contribution in [3.8, 4) is 17.1 Å². The van der Waals surface area contributed by atoms with Gasteiger partial charge in [0.15, 0.2) is 0 Å². The number of hydrogen-bond acceptors (Lipinski definition) is 4. The highest BCUT2D eigenvalue weighted by molar-refractivity contribution is 5.93. The Kier molecular flexibility index (Phi) is 5.60. The zero-order valence-corrected chi connectivity index (χ0v) is 18.9. The largest absolute Gasteiger partial charge is 0.472 e. The van der Waals surface area contributed by atoms with Crippen LogP contribution in [0.1, 0.15) is 51.4 Å². The molecule has 1 N–H and O–H groups in total. The van der Waals surface area contributed by atoms with E-state index in [1.165, 1.54) is 25.9 Å². The minimum atomic E-state index is 0.265. The molecule has 6 fully saturated rings. The topological polar surface area (TPSA) is 54.0 Å². The molecule has 1 aromatic carbocycles. The van der Waals surface area contributed by atoms with E-state index < -0.39 is 0 Å². The normalized spacial score (nSPS) is 30.7. The number of piperidine rings is 3. The Bertz CT molecular complexity index is 1010. The molecule has 2 aromatic heterocycles. The van der Waals surface area contributed by atoms with Gasteiger partial charge in [-0.1, -0.05) is 50.7 Å². The average Bonchev–Trinajstić information content (AvgIpc) is 3.36. The van der Waals surface area contributed by atoms with E-state index in [1.807, 2.05) is 24.4 Å². The molecule has 0 amide bonds. The standard InChI is InChI=1S/C19H20N4O.C8H14/c1-2-14(15-6-9-20-16(15)3-1)17-4-5-19(22-21-17)24-18-12-23-10-7-13(18)8-11-23;1-2-8-5-3-7(1)4-6-8/h1-6,9,13,18,20H,7-8,10-12H2;7-8H,1-6H2. The highest BCUT2D eigenvalue weighted by atomic mass is 16.5. The van der Waals surface area contributed by atoms with E-state index in [9.17, 15) is 0 Å². The van der Waals surface area contributed by atoms with Gasteiger partial charge in [0.2, 0.25) is 5.88 Å². The molecule has 5 heteroatoms. The van der Waals surface area contributed by atoms with Gasteiger partial charge in [-0.25, -0.2) is 0 Å². The molecule has 4 bridgehead atoms. The number of benzene rings is 1. The number of rotatable bonds is 3. The van der Waals surface area contributed by atoms with Crippen molar-refractivity contribution < 1.29 is 4.74 Å². The molecule has 3 saturated heterocycles. The van der Waals surface area contributed by atoms with Gasteiger partial charge >= 0.3 is 0 Å². The SMILES string of the molecule is C1CC2CCC1CC2.c1cc(-c2ccc(OC3CN4CCC3CC4)nn2)c2cc[nH]c2c1. The van der Waals surface area contributed by atoms with Crippen molar-refractivity contribution >= 4 is 10.9 Å². The first-order valence-electron chi connectivity index (χ1n) is 12.6. The first-order valence-corrected chi connectivity index (χ1v) is 12.6. The number of aromatic amines is 1. The second-order valence-corrected chi connectivity index (χ2v) is 10.3. The Balaban J connectivity index is 0.000000205. The second-order valence-electron chi connectivity index (χ2n) is 10.3. The third kappa shape index (κ3) is 4.15. The molecule has 3 aliphatic carbocycles. The minimum Gasteiger partial charge on any atom is -0.472 e. The van der Waals surface area contributed by atoms with Gasteiger partial charge in [-0.15, -0.1) is 10.2 Å². The van der Waals surface area contributed by atoms with Gasteiger partial charge in [0.05, 0.1) is 5.69 Å². The van der Waals surface area contributed by atoms with Crippen LogP contribution in [0.3, 0.4) is 0 Å². The van der Waals surface area contributed by atoms with Crippen LogP contribution in [0.4, 0.5) is 0 Å². The Morgan fingerprint density at radius 1 is 0.812 bits per heavy atom. The maximum Gasteiger partial charge on any atom is 0.233 e. The zero-order chi connectivity index (χ0) is 21.3. The van der Waals surface area contributed by atoms with Crippen molar-refractivity contribution in [1.82, 2.24) is 20.1 Å². The van der Waals surface area contributed by atoms with E-state index in [0.29, 0.717) is 11.8 Å². The Morgan fingerprint density at radius 2 is 1.56 bits per heavy atom. The lowest BCUT2D eigenvalue weighted by Gasteiger charge is -2.44. The number of aromatic nitrogens is 3. The highest BCUT2D eigenvalue weighted by Crippen LogP contribution is 2.40. The fourth-order valence-electron chi connectivity index (χ4n) is 6.31. The van der Waals surface area contributed by atoms with E-state index in [0.717, 1.165) is 40.5 Å². The summed E-state index contributed by atoms with van der Waals surface area (Å²) in [5, 5.41) is 9.89. The summed E-state index contributed by atoms with van der Waals surface area (Å²) in [5.41, 5.74) is 3.08. The van der Waals surface area contributed by atoms with Crippen LogP contribution in [0.5, 0.6) is 5.88 Å². The number of H-pyrrole nitrogens is 1. The second kappa shape index (κ2) is 8.86. The Morgan fingerprint density at radius 3 is 2.16 bits per heavy atom. The molecule has 5 nitrogen and oxygen atoms in total. The third-order valence-corrected chi connectivity index (χ3v) is 8.33. The number of ether oxygens (including phenoxy) is 1. The number of fused-ring (bicyclic) bond motifs is 7. The van der Waals surface area contributed by atoms with E-state index in [2.05, 4.69) is 38.3 Å². The predicted molar refractivity (Wildman–Crippen MR) is 128 cm³/mol. The van der Waals surface area contributed by atoms with Crippen LogP contribution in [0.25, 0.3) is 22.2 Å². The highest BCUT2D eigenvalue weighted by Gasteiger charge is 2.35. The summed E-state index contributed by atoms with van der Waals surface area (Å²) in [6.07, 6.45) is 14.1. The molecule has 0 radical (unpaired) electrons. The van der Waals surface area contributed by atoms with Crippen molar-refractivity contribution in [3.05, 3.63) is 42.6 Å². The van der Waals surface area contributed by atoms with Crippen molar-refractivity contribution in [2.75, 3.05) is 19.6 Å². The molecule has 9 rings (SSSR count). The molecule has 6 aliphatic rings. The summed E-state index contributed by atoms with van der Waals surface area (Å²) >= 11 is 0. The minimum absolute atomic E-state index is 0.265. The van der Waals surface area contributed by atoms with Crippen molar-refractivity contribution in [2.24, 2.45) is 17.8 Å². The van der Waals surface area contributed by atoms with E-state index in [1.54, 1.807) is 38.5 Å². The molecule has 5 heterocycles. The summed E-state index contributed by atoms with van der Waals surface area (Å²) in [7, 11) is 0. The number of nitrogens with one attached hydrogen (secondary N) is 1. The van der Waals surface area contributed by atoms with Crippen LogP contribution in [0.15, 0.2) is 42.6 Å². The predicted octanol–water partition coefficient (Wildman–Crippen LogP) is 5.68. The van der Waals surface area contributed by atoms with Gasteiger partial charge in [0, 0.05) is 35.3 Å². The molecule has 3 saturated carbocycles. The average molecular weight is 431 g/mol. The smallest absolute Gasteiger partial charge is 0.233 e. The van der Waals surface area contributed by atoms with Gasteiger partial charge < -0.3 is 9.72 Å². The fourth-order valence-corrected chi connectivity index (χ4v) is 6.31. The summed E-state index contributed by atoms with van der Waals surface area (Å²) in [4.78, 5) is 5.72. The van der Waals surface area contributed by atoms with Gasteiger partial charge in [-0.2, -0.15) is 0 Å². The summed E-state index contributed by atoms with van der Waals surface area (Å²) < 4.78 is 6.13. The van der Waals surface area contributed by atoms with Crippen LogP contribution in [-0.2, 0) is 0 Å². The molecule has 1 unspecified atom stereocenters. The van der Waals surface area contributed by atoms with E-state index in [-0.39, 0.29) is 6.10 Å².